The van der Waals surface area contributed by atoms with E-state index in [0.717, 1.165) is 63.4 Å². The van der Waals surface area contributed by atoms with Crippen molar-refractivity contribution in [2.75, 3.05) is 83.0 Å². The first-order chi connectivity index (χ1) is 28.7. The molecule has 0 bridgehead atoms. The third kappa shape index (κ3) is 10.9. The number of fused-ring (bicyclic) bond motifs is 2. The van der Waals surface area contributed by atoms with Crippen molar-refractivity contribution in [1.29, 1.82) is 0 Å². The van der Waals surface area contributed by atoms with Gasteiger partial charge >= 0.3 is 0 Å². The molecule has 2 amide bonds. The Morgan fingerprint density at radius 3 is 2.66 bits per heavy atom. The second-order valence-corrected chi connectivity index (χ2v) is 16.3. The summed E-state index contributed by atoms with van der Waals surface area (Å²) in [5.41, 5.74) is 5.45. The summed E-state index contributed by atoms with van der Waals surface area (Å²) in [6.07, 6.45) is 6.16. The summed E-state index contributed by atoms with van der Waals surface area (Å²) in [5, 5.41) is 12.1. The van der Waals surface area contributed by atoms with Crippen molar-refractivity contribution in [3.63, 3.8) is 0 Å². The van der Waals surface area contributed by atoms with Crippen LogP contribution in [0.15, 0.2) is 104 Å². The number of amides is 2. The first-order valence-corrected chi connectivity index (χ1v) is 20.6. The van der Waals surface area contributed by atoms with Gasteiger partial charge < -0.3 is 35.1 Å². The van der Waals surface area contributed by atoms with E-state index in [1.807, 2.05) is 90.1 Å². The summed E-state index contributed by atoms with van der Waals surface area (Å²) >= 11 is 0. The van der Waals surface area contributed by atoms with Gasteiger partial charge in [0.05, 0.1) is 43.7 Å². The Labute approximate surface area is 347 Å². The van der Waals surface area contributed by atoms with Crippen LogP contribution in [0.3, 0.4) is 0 Å². The van der Waals surface area contributed by atoms with Crippen molar-refractivity contribution in [3.8, 4) is 5.75 Å². The van der Waals surface area contributed by atoms with Crippen molar-refractivity contribution in [1.82, 2.24) is 25.5 Å². The number of ether oxygens (including phenoxy) is 3. The average molecular weight is 800 g/mol. The molecule has 0 radical (unpaired) electrons. The molecule has 1 saturated heterocycles. The molecule has 12 heteroatoms. The second-order valence-electron chi connectivity index (χ2n) is 16.3. The summed E-state index contributed by atoms with van der Waals surface area (Å²) < 4.78 is 17.4. The van der Waals surface area contributed by atoms with Crippen LogP contribution < -0.4 is 25.6 Å². The van der Waals surface area contributed by atoms with Gasteiger partial charge in [-0.2, -0.15) is 0 Å². The van der Waals surface area contributed by atoms with Crippen LogP contribution in [0.4, 0.5) is 11.4 Å². The van der Waals surface area contributed by atoms with Crippen LogP contribution in [-0.4, -0.2) is 112 Å². The number of carbonyl (C=O) groups is 2. The highest BCUT2D eigenvalue weighted by molar-refractivity contribution is 5.98. The number of nitrogens with one attached hydrogen (secondary N) is 3. The third-order valence-corrected chi connectivity index (χ3v) is 11.1. The van der Waals surface area contributed by atoms with Gasteiger partial charge in [0.25, 0.3) is 0 Å². The topological polar surface area (TPSA) is 130 Å². The van der Waals surface area contributed by atoms with E-state index in [1.54, 1.807) is 13.3 Å². The van der Waals surface area contributed by atoms with Crippen LogP contribution in [0, 0.1) is 0 Å². The number of anilines is 2. The number of benzene rings is 3. The highest BCUT2D eigenvalue weighted by atomic mass is 16.5. The minimum atomic E-state index is -0.374. The molecular formula is C47H57N7O5. The number of methoxy groups -OCH3 is 1. The number of hydrogen-bond donors (Lipinski definition) is 3. The highest BCUT2D eigenvalue weighted by Gasteiger charge is 2.40. The van der Waals surface area contributed by atoms with E-state index in [0.29, 0.717) is 65.1 Å². The maximum atomic E-state index is 13.9. The summed E-state index contributed by atoms with van der Waals surface area (Å²) in [6, 6.07) is 28.3. The fourth-order valence-electron chi connectivity index (χ4n) is 8.07. The smallest absolute Gasteiger partial charge is 0.241 e. The van der Waals surface area contributed by atoms with Crippen LogP contribution >= 0.6 is 0 Å². The van der Waals surface area contributed by atoms with Gasteiger partial charge in [0.15, 0.2) is 0 Å². The molecule has 1 fully saturated rings. The van der Waals surface area contributed by atoms with Crippen molar-refractivity contribution < 1.29 is 23.8 Å². The average Bonchev–Trinajstić information content (AvgIpc) is 3.51. The van der Waals surface area contributed by atoms with Crippen LogP contribution in [0.2, 0.25) is 0 Å². The molecule has 0 aliphatic carbocycles. The third-order valence-electron chi connectivity index (χ3n) is 11.1. The maximum Gasteiger partial charge on any atom is 0.241 e. The SMILES string of the molecule is COC[C@H]1CN[C@H](C)CN1CC(=O)N1CC(C)(C)c2ncc(Cc3cccc(OCCOCCNC[C@@H](C(=O)Nc4ccc5cnccc5c4)c4ccccc4)c3)cc21. The van der Waals surface area contributed by atoms with Crippen molar-refractivity contribution >= 4 is 34.0 Å². The van der Waals surface area contributed by atoms with E-state index < -0.39 is 0 Å². The van der Waals surface area contributed by atoms with E-state index in [1.165, 1.54) is 0 Å². The number of aromatic nitrogens is 2. The number of nitrogens with zero attached hydrogens (tertiary/aromatic N) is 4. The lowest BCUT2D eigenvalue weighted by molar-refractivity contribution is -0.121. The molecule has 59 heavy (non-hydrogen) atoms. The van der Waals surface area contributed by atoms with Crippen molar-refractivity contribution in [2.45, 2.75) is 50.6 Å². The fraction of sp³-hybridized carbons (Fsp3) is 0.404. The molecule has 5 aromatic rings. The number of rotatable bonds is 18. The first kappa shape index (κ1) is 41.9. The zero-order valence-corrected chi connectivity index (χ0v) is 34.7. The van der Waals surface area contributed by atoms with Crippen LogP contribution in [0.25, 0.3) is 10.8 Å². The Balaban J connectivity index is 0.869. The van der Waals surface area contributed by atoms with E-state index in [9.17, 15) is 9.59 Å². The predicted octanol–water partition coefficient (Wildman–Crippen LogP) is 5.56. The Morgan fingerprint density at radius 2 is 1.81 bits per heavy atom. The quantitative estimate of drug-likeness (QED) is 0.0970. The zero-order valence-electron chi connectivity index (χ0n) is 34.7. The zero-order chi connectivity index (χ0) is 41.2. The number of carbonyl (C=O) groups excluding carboxylic acids is 2. The highest BCUT2D eigenvalue weighted by Crippen LogP contribution is 2.40. The summed E-state index contributed by atoms with van der Waals surface area (Å²) in [6.45, 7) is 12.0. The lowest BCUT2D eigenvalue weighted by Crippen LogP contribution is -2.59. The van der Waals surface area contributed by atoms with Crippen LogP contribution in [-0.2, 0) is 30.9 Å². The summed E-state index contributed by atoms with van der Waals surface area (Å²) in [7, 11) is 1.71. The molecule has 0 spiro atoms. The van der Waals surface area contributed by atoms with E-state index in [-0.39, 0.29) is 29.2 Å². The second kappa shape index (κ2) is 19.7. The number of piperazine rings is 1. The van der Waals surface area contributed by atoms with E-state index in [2.05, 4.69) is 58.7 Å². The Morgan fingerprint density at radius 1 is 0.949 bits per heavy atom. The molecule has 12 nitrogen and oxygen atoms in total. The molecule has 2 aromatic heterocycles. The Bertz CT molecular complexity index is 2180. The van der Waals surface area contributed by atoms with Crippen LogP contribution in [0.1, 0.15) is 49.1 Å². The lowest BCUT2D eigenvalue weighted by atomic mass is 9.91. The Hall–Kier alpha value is -5.24. The molecule has 2 aliphatic rings. The summed E-state index contributed by atoms with van der Waals surface area (Å²) in [5.74, 6) is 0.415. The standard InChI is InChI=1S/C47H57N7O5/c1-33-29-53(40(27-50-33)31-57-4)30-44(55)54-32-47(2,3)45-43(54)23-35(25-51-45)21-34-9-8-12-41(22-34)59-20-19-58-18-17-49-28-42(36-10-6-5-7-11-36)46(56)52-39-14-13-38-26-48-16-15-37(38)24-39/h5-16,22-26,33,40,42,49-50H,17-21,27-32H2,1-4H3,(H,52,56)/t33-,40-,42-/m1/s1. The molecule has 0 unspecified atom stereocenters. The van der Waals surface area contributed by atoms with Gasteiger partial charge in [0.2, 0.25) is 11.8 Å². The van der Waals surface area contributed by atoms with Gasteiger partial charge in [-0.1, -0.05) is 62.4 Å². The molecule has 3 aromatic carbocycles. The normalized spacial score (nSPS) is 18.1. The van der Waals surface area contributed by atoms with Gasteiger partial charge in [0, 0.05) is 87.0 Å². The van der Waals surface area contributed by atoms with Gasteiger partial charge in [-0.25, -0.2) is 0 Å². The summed E-state index contributed by atoms with van der Waals surface area (Å²) in [4.78, 5) is 40.6. The molecule has 0 saturated carbocycles. The monoisotopic (exact) mass is 799 g/mol. The van der Waals surface area contributed by atoms with Crippen molar-refractivity contribution in [3.05, 3.63) is 126 Å². The Kier molecular flexibility index (Phi) is 14.0. The first-order valence-electron chi connectivity index (χ1n) is 20.6. The molecule has 310 valence electrons. The molecule has 4 heterocycles. The van der Waals surface area contributed by atoms with Gasteiger partial charge in [-0.05, 0) is 71.8 Å². The maximum absolute atomic E-state index is 13.9. The largest absolute Gasteiger partial charge is 0.491 e. The van der Waals surface area contributed by atoms with E-state index >= 15 is 0 Å². The number of pyridine rings is 2. The lowest BCUT2D eigenvalue weighted by Gasteiger charge is -2.39. The van der Waals surface area contributed by atoms with Gasteiger partial charge in [0.1, 0.15) is 12.4 Å². The minimum absolute atomic E-state index is 0.0742. The molecular weight excluding hydrogens is 743 g/mol. The van der Waals surface area contributed by atoms with Crippen LogP contribution in [0.5, 0.6) is 5.75 Å². The molecule has 3 atom stereocenters. The molecule has 3 N–H and O–H groups in total. The van der Waals surface area contributed by atoms with Crippen molar-refractivity contribution in [2.24, 2.45) is 0 Å². The van der Waals surface area contributed by atoms with Gasteiger partial charge in [-0.3, -0.25) is 24.5 Å². The molecule has 2 aliphatic heterocycles. The van der Waals surface area contributed by atoms with E-state index in [4.69, 9.17) is 19.2 Å². The number of hydrogen-bond acceptors (Lipinski definition) is 10. The van der Waals surface area contributed by atoms with Gasteiger partial charge in [-0.15, -0.1) is 0 Å². The predicted molar refractivity (Wildman–Crippen MR) is 232 cm³/mol. The fourth-order valence-corrected chi connectivity index (χ4v) is 8.07. The molecule has 7 rings (SSSR count). The minimum Gasteiger partial charge on any atom is -0.491 e.